The zero-order valence-corrected chi connectivity index (χ0v) is 18.5. The van der Waals surface area contributed by atoms with Gasteiger partial charge in [0, 0.05) is 50.2 Å². The number of hydrogen-bond donors (Lipinski definition) is 3. The number of hydrogen-bond acceptors (Lipinski definition) is 5. The normalized spacial score (nSPS) is 17.8. The van der Waals surface area contributed by atoms with Crippen LogP contribution in [0.4, 0.5) is 18.9 Å². The molecule has 4 rings (SSSR count). The van der Waals surface area contributed by atoms with Crippen molar-refractivity contribution in [3.05, 3.63) is 47.5 Å². The number of carbonyl (C=O) groups is 3. The molecule has 2 aliphatic rings. The van der Waals surface area contributed by atoms with Gasteiger partial charge in [-0.3, -0.25) is 19.1 Å². The average Bonchev–Trinajstić information content (AvgIpc) is 3.44. The molecule has 3 N–H and O–H groups in total. The van der Waals surface area contributed by atoms with Crippen LogP contribution in [0.15, 0.2) is 29.3 Å². The lowest BCUT2D eigenvalue weighted by molar-refractivity contribution is -0.144. The molecule has 3 amide bonds. The maximum atomic E-state index is 15.2. The lowest BCUT2D eigenvalue weighted by atomic mass is 10.3. The van der Waals surface area contributed by atoms with E-state index in [4.69, 9.17) is 0 Å². The van der Waals surface area contributed by atoms with Crippen molar-refractivity contribution in [1.29, 1.82) is 0 Å². The van der Waals surface area contributed by atoms with Gasteiger partial charge in [0.15, 0.2) is 17.5 Å². The molecule has 2 fully saturated rings. The van der Waals surface area contributed by atoms with Crippen LogP contribution < -0.4 is 15.4 Å². The molecule has 0 radical (unpaired) electrons. The van der Waals surface area contributed by atoms with Crippen molar-refractivity contribution >= 4 is 35.4 Å². The molecule has 1 unspecified atom stereocenters. The SMILES string of the molecule is CNC(=O)C(=O)N1CCC(NSc2cn(C3CC3)c(C(=O)Nc3ccc(F)c(F)c3)c2F)C1. The first-order valence-electron chi connectivity index (χ1n) is 10.4. The van der Waals surface area contributed by atoms with Crippen LogP contribution in [0.2, 0.25) is 0 Å². The van der Waals surface area contributed by atoms with Gasteiger partial charge in [-0.1, -0.05) is 0 Å². The Labute approximate surface area is 192 Å². The Morgan fingerprint density at radius 3 is 2.52 bits per heavy atom. The molecule has 1 saturated heterocycles. The summed E-state index contributed by atoms with van der Waals surface area (Å²) in [5, 5.41) is 4.71. The van der Waals surface area contributed by atoms with Crippen LogP contribution in [0.25, 0.3) is 0 Å². The number of aromatic nitrogens is 1. The number of amides is 3. The van der Waals surface area contributed by atoms with Gasteiger partial charge in [0.05, 0.1) is 4.90 Å². The molecule has 2 heterocycles. The van der Waals surface area contributed by atoms with Crippen molar-refractivity contribution in [2.45, 2.75) is 36.2 Å². The molecular weight excluding hydrogens is 459 g/mol. The fourth-order valence-corrected chi connectivity index (χ4v) is 4.45. The quantitative estimate of drug-likeness (QED) is 0.435. The summed E-state index contributed by atoms with van der Waals surface area (Å²) in [4.78, 5) is 37.9. The molecule has 1 saturated carbocycles. The van der Waals surface area contributed by atoms with E-state index in [1.807, 2.05) is 0 Å². The Morgan fingerprint density at radius 1 is 1.09 bits per heavy atom. The smallest absolute Gasteiger partial charge is 0.311 e. The van der Waals surface area contributed by atoms with Crippen molar-refractivity contribution in [1.82, 2.24) is 19.5 Å². The number of nitrogens with zero attached hydrogens (tertiary/aromatic N) is 2. The number of rotatable bonds is 6. The second-order valence-electron chi connectivity index (χ2n) is 7.91. The van der Waals surface area contributed by atoms with Gasteiger partial charge in [0.25, 0.3) is 5.91 Å². The molecule has 176 valence electrons. The van der Waals surface area contributed by atoms with Gasteiger partial charge in [-0.15, -0.1) is 0 Å². The molecule has 0 bridgehead atoms. The summed E-state index contributed by atoms with van der Waals surface area (Å²) in [7, 11) is 1.38. The van der Waals surface area contributed by atoms with Crippen molar-refractivity contribution in [2.75, 3.05) is 25.5 Å². The maximum Gasteiger partial charge on any atom is 0.311 e. The molecule has 1 atom stereocenters. The number of halogens is 3. The topological polar surface area (TPSA) is 95.5 Å². The molecule has 12 heteroatoms. The Balaban J connectivity index is 1.44. The van der Waals surface area contributed by atoms with Gasteiger partial charge >= 0.3 is 11.8 Å². The summed E-state index contributed by atoms with van der Waals surface area (Å²) in [6.45, 7) is 0.700. The predicted molar refractivity (Wildman–Crippen MR) is 115 cm³/mol. The number of likely N-dealkylation sites (tertiary alicyclic amines) is 1. The van der Waals surface area contributed by atoms with E-state index < -0.39 is 35.2 Å². The van der Waals surface area contributed by atoms with Crippen LogP contribution in [-0.2, 0) is 9.59 Å². The van der Waals surface area contributed by atoms with Gasteiger partial charge in [-0.2, -0.15) is 0 Å². The van der Waals surface area contributed by atoms with E-state index in [0.29, 0.717) is 19.5 Å². The lowest BCUT2D eigenvalue weighted by Gasteiger charge is -2.15. The van der Waals surface area contributed by atoms with Gasteiger partial charge < -0.3 is 20.1 Å². The summed E-state index contributed by atoms with van der Waals surface area (Å²) in [6, 6.07) is 2.74. The summed E-state index contributed by atoms with van der Waals surface area (Å²) < 4.78 is 46.5. The van der Waals surface area contributed by atoms with E-state index >= 15 is 4.39 Å². The molecule has 1 aliphatic carbocycles. The summed E-state index contributed by atoms with van der Waals surface area (Å²) >= 11 is 1.01. The number of anilines is 1. The zero-order chi connectivity index (χ0) is 23.7. The van der Waals surface area contributed by atoms with E-state index in [1.165, 1.54) is 18.0 Å². The van der Waals surface area contributed by atoms with E-state index in [2.05, 4.69) is 15.4 Å². The van der Waals surface area contributed by atoms with Crippen LogP contribution in [0.3, 0.4) is 0 Å². The van der Waals surface area contributed by atoms with E-state index in [1.54, 1.807) is 10.8 Å². The molecule has 1 aromatic carbocycles. The highest BCUT2D eigenvalue weighted by atomic mass is 32.2. The number of benzene rings is 1. The van der Waals surface area contributed by atoms with Crippen molar-refractivity contribution < 1.29 is 27.6 Å². The summed E-state index contributed by atoms with van der Waals surface area (Å²) in [5.74, 6) is -4.96. The van der Waals surface area contributed by atoms with Crippen LogP contribution in [0, 0.1) is 17.5 Å². The first-order chi connectivity index (χ1) is 15.8. The summed E-state index contributed by atoms with van der Waals surface area (Å²) in [6.07, 6.45) is 3.74. The van der Waals surface area contributed by atoms with Gasteiger partial charge in [-0.05, 0) is 43.3 Å². The minimum Gasteiger partial charge on any atom is -0.351 e. The number of likely N-dealkylation sites (N-methyl/N-ethyl adjacent to an activating group) is 1. The number of carbonyl (C=O) groups excluding carboxylic acids is 3. The average molecular weight is 482 g/mol. The van der Waals surface area contributed by atoms with Crippen LogP contribution in [0.1, 0.15) is 35.8 Å². The molecule has 2 aromatic rings. The Bertz CT molecular complexity index is 1110. The third-order valence-corrected chi connectivity index (χ3v) is 6.46. The zero-order valence-electron chi connectivity index (χ0n) is 17.7. The molecule has 0 spiro atoms. The Hall–Kier alpha value is -2.99. The molecule has 33 heavy (non-hydrogen) atoms. The monoisotopic (exact) mass is 481 g/mol. The Morgan fingerprint density at radius 2 is 1.85 bits per heavy atom. The van der Waals surface area contributed by atoms with Gasteiger partial charge in [0.1, 0.15) is 5.69 Å². The first-order valence-corrected chi connectivity index (χ1v) is 11.2. The number of nitrogens with one attached hydrogen (secondary N) is 3. The van der Waals surface area contributed by atoms with Crippen LogP contribution >= 0.6 is 11.9 Å². The predicted octanol–water partition coefficient (Wildman–Crippen LogP) is 2.44. The fraction of sp³-hybridized carbons (Fsp3) is 0.381. The fourth-order valence-electron chi connectivity index (χ4n) is 3.61. The van der Waals surface area contributed by atoms with Gasteiger partial charge in [0.2, 0.25) is 0 Å². The van der Waals surface area contributed by atoms with Gasteiger partial charge in [-0.25, -0.2) is 13.2 Å². The van der Waals surface area contributed by atoms with Crippen LogP contribution in [-0.4, -0.2) is 53.4 Å². The minimum atomic E-state index is -1.12. The van der Waals surface area contributed by atoms with Crippen molar-refractivity contribution in [3.8, 4) is 0 Å². The second kappa shape index (κ2) is 9.48. The summed E-state index contributed by atoms with van der Waals surface area (Å²) in [5.41, 5.74) is -0.171. The largest absolute Gasteiger partial charge is 0.351 e. The minimum absolute atomic E-state index is 0.00768. The standard InChI is InChI=1S/C21H22F3N5O3S/c1-25-20(31)21(32)28-7-6-12(9-28)27-33-16-10-29(13-3-4-13)18(17(16)24)19(30)26-11-2-5-14(22)15(23)8-11/h2,5,8,10,12-13,27H,3-4,6-7,9H2,1H3,(H,25,31)(H,26,30). The molecule has 8 nitrogen and oxygen atoms in total. The maximum absolute atomic E-state index is 15.2. The van der Waals surface area contributed by atoms with Crippen molar-refractivity contribution in [3.63, 3.8) is 0 Å². The van der Waals surface area contributed by atoms with E-state index in [-0.39, 0.29) is 28.4 Å². The molecule has 1 aliphatic heterocycles. The molecular formula is C21H22F3N5O3S. The first kappa shape index (κ1) is 23.2. The Kier molecular flexibility index (Phi) is 6.66. The third kappa shape index (κ3) is 5.01. The lowest BCUT2D eigenvalue weighted by Crippen LogP contribution is -2.41. The van der Waals surface area contributed by atoms with E-state index in [0.717, 1.165) is 36.9 Å². The van der Waals surface area contributed by atoms with E-state index in [9.17, 15) is 23.2 Å². The second-order valence-corrected chi connectivity index (χ2v) is 8.79. The van der Waals surface area contributed by atoms with Crippen molar-refractivity contribution in [2.24, 2.45) is 0 Å². The highest BCUT2D eigenvalue weighted by Gasteiger charge is 2.33. The highest BCUT2D eigenvalue weighted by molar-refractivity contribution is 7.97. The third-order valence-electron chi connectivity index (χ3n) is 5.50. The van der Waals surface area contributed by atoms with Crippen LogP contribution in [0.5, 0.6) is 0 Å². The highest BCUT2D eigenvalue weighted by Crippen LogP contribution is 2.39. The molecule has 1 aromatic heterocycles.